The predicted molar refractivity (Wildman–Crippen MR) is 93.5 cm³/mol. The second-order valence-corrected chi connectivity index (χ2v) is 5.87. The van der Waals surface area contributed by atoms with E-state index in [1.165, 1.54) is 37.9 Å². The molecular weight excluding hydrogens is 268 g/mol. The summed E-state index contributed by atoms with van der Waals surface area (Å²) in [7, 11) is 0. The highest BCUT2D eigenvalue weighted by Crippen LogP contribution is 2.39. The average Bonchev–Trinajstić information content (AvgIpc) is 2.92. The van der Waals surface area contributed by atoms with Crippen LogP contribution in [0.2, 0.25) is 0 Å². The molecule has 1 nitrogen and oxygen atoms in total. The van der Waals surface area contributed by atoms with Crippen LogP contribution in [-0.2, 0) is 0 Å². The minimum atomic E-state index is 0.956. The maximum atomic E-state index is 6.09. The van der Waals surface area contributed by atoms with Crippen LogP contribution < -0.4 is 0 Å². The van der Waals surface area contributed by atoms with E-state index in [4.69, 9.17) is 4.42 Å². The minimum Gasteiger partial charge on any atom is -0.456 e. The van der Waals surface area contributed by atoms with Crippen molar-refractivity contribution in [2.45, 2.75) is 6.92 Å². The first kappa shape index (κ1) is 11.8. The van der Waals surface area contributed by atoms with Crippen LogP contribution in [0.5, 0.6) is 0 Å². The van der Waals surface area contributed by atoms with E-state index in [0.29, 0.717) is 0 Å². The summed E-state index contributed by atoms with van der Waals surface area (Å²) >= 11 is 0. The molecule has 0 unspecified atom stereocenters. The maximum absolute atomic E-state index is 6.09. The van der Waals surface area contributed by atoms with Gasteiger partial charge in [-0.2, -0.15) is 0 Å². The van der Waals surface area contributed by atoms with Gasteiger partial charge in [0.15, 0.2) is 0 Å². The number of aryl methyl sites for hydroxylation is 1. The van der Waals surface area contributed by atoms with Crippen molar-refractivity contribution >= 4 is 43.5 Å². The second kappa shape index (κ2) is 4.11. The lowest BCUT2D eigenvalue weighted by Gasteiger charge is -2.08. The summed E-state index contributed by atoms with van der Waals surface area (Å²) in [4.78, 5) is 0. The molecule has 0 amide bonds. The first-order valence-corrected chi connectivity index (χ1v) is 7.55. The summed E-state index contributed by atoms with van der Waals surface area (Å²) in [5.41, 5.74) is 3.19. The molecule has 1 heterocycles. The Morgan fingerprint density at radius 1 is 0.636 bits per heavy atom. The lowest BCUT2D eigenvalue weighted by molar-refractivity contribution is 0.669. The Morgan fingerprint density at radius 3 is 2.32 bits per heavy atom. The zero-order valence-electron chi connectivity index (χ0n) is 12.3. The quantitative estimate of drug-likeness (QED) is 0.308. The lowest BCUT2D eigenvalue weighted by atomic mass is 9.95. The smallest absolute Gasteiger partial charge is 0.136 e. The van der Waals surface area contributed by atoms with E-state index >= 15 is 0 Å². The molecule has 0 atom stereocenters. The van der Waals surface area contributed by atoms with Crippen LogP contribution in [0.4, 0.5) is 0 Å². The van der Waals surface area contributed by atoms with Crippen molar-refractivity contribution in [2.24, 2.45) is 0 Å². The number of hydrogen-bond donors (Lipinski definition) is 0. The highest BCUT2D eigenvalue weighted by atomic mass is 16.3. The Hall–Kier alpha value is -2.80. The summed E-state index contributed by atoms with van der Waals surface area (Å²) < 4.78 is 6.09. The number of hydrogen-bond acceptors (Lipinski definition) is 1. The number of rotatable bonds is 0. The van der Waals surface area contributed by atoms with Gasteiger partial charge in [0.05, 0.1) is 0 Å². The summed E-state index contributed by atoms with van der Waals surface area (Å²) in [6, 6.07) is 23.5. The fraction of sp³-hybridized carbons (Fsp3) is 0.0476. The van der Waals surface area contributed by atoms with Crippen molar-refractivity contribution in [3.63, 3.8) is 0 Å². The van der Waals surface area contributed by atoms with Gasteiger partial charge in [0.1, 0.15) is 11.2 Å². The molecule has 0 aliphatic rings. The minimum absolute atomic E-state index is 0.956. The highest BCUT2D eigenvalue weighted by Gasteiger charge is 2.13. The van der Waals surface area contributed by atoms with E-state index in [0.717, 1.165) is 11.2 Å². The first-order valence-electron chi connectivity index (χ1n) is 7.55. The largest absolute Gasteiger partial charge is 0.456 e. The molecule has 104 valence electrons. The second-order valence-electron chi connectivity index (χ2n) is 5.87. The van der Waals surface area contributed by atoms with Crippen molar-refractivity contribution in [1.82, 2.24) is 0 Å². The molecule has 4 aromatic carbocycles. The molecule has 0 aliphatic heterocycles. The van der Waals surface area contributed by atoms with Gasteiger partial charge in [-0.25, -0.2) is 0 Å². The van der Waals surface area contributed by atoms with Crippen LogP contribution in [-0.4, -0.2) is 0 Å². The maximum Gasteiger partial charge on any atom is 0.136 e. The average molecular weight is 282 g/mol. The highest BCUT2D eigenvalue weighted by molar-refractivity contribution is 6.27. The number of benzene rings is 4. The molecule has 0 bridgehead atoms. The molecule has 0 spiro atoms. The van der Waals surface area contributed by atoms with Crippen LogP contribution in [0, 0.1) is 6.92 Å². The predicted octanol–water partition coefficient (Wildman–Crippen LogP) is 6.20. The monoisotopic (exact) mass is 282 g/mol. The van der Waals surface area contributed by atoms with Gasteiger partial charge >= 0.3 is 0 Å². The van der Waals surface area contributed by atoms with Crippen LogP contribution in [0.25, 0.3) is 43.5 Å². The van der Waals surface area contributed by atoms with Gasteiger partial charge in [-0.1, -0.05) is 54.6 Å². The van der Waals surface area contributed by atoms with Crippen molar-refractivity contribution < 1.29 is 4.42 Å². The molecule has 22 heavy (non-hydrogen) atoms. The molecule has 1 aromatic heterocycles. The fourth-order valence-corrected chi connectivity index (χ4v) is 3.57. The fourth-order valence-electron chi connectivity index (χ4n) is 3.57. The Labute approximate surface area is 127 Å². The SMILES string of the molecule is Cc1cc2oc3ccccc3c2c2c1ccc1ccccc12. The van der Waals surface area contributed by atoms with Gasteiger partial charge in [0.2, 0.25) is 0 Å². The molecule has 0 saturated carbocycles. The molecule has 0 fully saturated rings. The summed E-state index contributed by atoms with van der Waals surface area (Å²) in [6.07, 6.45) is 0. The summed E-state index contributed by atoms with van der Waals surface area (Å²) in [6.45, 7) is 2.16. The zero-order valence-corrected chi connectivity index (χ0v) is 12.3. The van der Waals surface area contributed by atoms with Gasteiger partial charge < -0.3 is 4.42 Å². The van der Waals surface area contributed by atoms with Crippen molar-refractivity contribution in [1.29, 1.82) is 0 Å². The summed E-state index contributed by atoms with van der Waals surface area (Å²) in [5, 5.41) is 7.59. The van der Waals surface area contributed by atoms with E-state index in [9.17, 15) is 0 Å². The van der Waals surface area contributed by atoms with Gasteiger partial charge in [-0.05, 0) is 40.8 Å². The third kappa shape index (κ3) is 1.43. The van der Waals surface area contributed by atoms with E-state index in [-0.39, 0.29) is 0 Å². The third-order valence-corrected chi connectivity index (χ3v) is 4.57. The normalized spacial score (nSPS) is 11.9. The summed E-state index contributed by atoms with van der Waals surface area (Å²) in [5.74, 6) is 0. The zero-order chi connectivity index (χ0) is 14.7. The molecule has 1 heteroatoms. The number of para-hydroxylation sites is 1. The molecule has 0 radical (unpaired) electrons. The molecular formula is C21H14O. The molecule has 5 aromatic rings. The van der Waals surface area contributed by atoms with E-state index < -0.39 is 0 Å². The Morgan fingerprint density at radius 2 is 1.41 bits per heavy atom. The molecule has 0 N–H and O–H groups in total. The van der Waals surface area contributed by atoms with Gasteiger partial charge in [-0.3, -0.25) is 0 Å². The van der Waals surface area contributed by atoms with Crippen LogP contribution >= 0.6 is 0 Å². The van der Waals surface area contributed by atoms with Gasteiger partial charge in [-0.15, -0.1) is 0 Å². The van der Waals surface area contributed by atoms with Crippen molar-refractivity contribution in [3.05, 3.63) is 72.3 Å². The van der Waals surface area contributed by atoms with Gasteiger partial charge in [0, 0.05) is 16.2 Å². The third-order valence-electron chi connectivity index (χ3n) is 4.57. The van der Waals surface area contributed by atoms with Crippen molar-refractivity contribution in [3.8, 4) is 0 Å². The molecule has 5 rings (SSSR count). The number of fused-ring (bicyclic) bond motifs is 7. The molecule has 0 aliphatic carbocycles. The van der Waals surface area contributed by atoms with Gasteiger partial charge in [0.25, 0.3) is 0 Å². The lowest BCUT2D eigenvalue weighted by Crippen LogP contribution is -1.83. The van der Waals surface area contributed by atoms with E-state index in [1.807, 2.05) is 12.1 Å². The topological polar surface area (TPSA) is 13.1 Å². The Kier molecular flexibility index (Phi) is 2.21. The van der Waals surface area contributed by atoms with E-state index in [2.05, 4.69) is 61.5 Å². The van der Waals surface area contributed by atoms with Crippen LogP contribution in [0.3, 0.4) is 0 Å². The van der Waals surface area contributed by atoms with Crippen molar-refractivity contribution in [2.75, 3.05) is 0 Å². The van der Waals surface area contributed by atoms with E-state index in [1.54, 1.807) is 0 Å². The molecule has 0 saturated heterocycles. The van der Waals surface area contributed by atoms with Crippen LogP contribution in [0.15, 0.2) is 71.1 Å². The number of furan rings is 1. The Bertz CT molecular complexity index is 1180. The Balaban J connectivity index is 2.21. The first-order chi connectivity index (χ1) is 10.8. The van der Waals surface area contributed by atoms with Crippen LogP contribution in [0.1, 0.15) is 5.56 Å². The standard InChI is InChI=1S/C21H14O/c1-13-12-19-21(17-8-4-5-9-18(17)22-19)20-15(13)11-10-14-6-2-3-7-16(14)20/h2-12H,1H3.